The SMILES string of the molecule is COC(=O)N1CCC(N2CCC(N3C(=O)C(C)(C)C4=C3C=C(C)CC4)CC2)CC1. The highest BCUT2D eigenvalue weighted by atomic mass is 16.5. The van der Waals surface area contributed by atoms with Gasteiger partial charge in [0.05, 0.1) is 12.5 Å². The van der Waals surface area contributed by atoms with Crippen molar-refractivity contribution in [3.8, 4) is 0 Å². The van der Waals surface area contributed by atoms with Crippen LogP contribution in [0, 0.1) is 5.41 Å². The summed E-state index contributed by atoms with van der Waals surface area (Å²) in [5.41, 5.74) is 3.57. The Morgan fingerprint density at radius 3 is 2.28 bits per heavy atom. The fraction of sp³-hybridized carbons (Fsp3) is 0.739. The van der Waals surface area contributed by atoms with Crippen molar-refractivity contribution < 1.29 is 14.3 Å². The van der Waals surface area contributed by atoms with Crippen molar-refractivity contribution in [2.75, 3.05) is 33.3 Å². The molecule has 0 unspecified atom stereocenters. The third-order valence-electron chi connectivity index (χ3n) is 7.51. The van der Waals surface area contributed by atoms with Gasteiger partial charge in [-0.25, -0.2) is 4.79 Å². The first kappa shape index (κ1) is 20.5. The third kappa shape index (κ3) is 3.60. The van der Waals surface area contributed by atoms with E-state index < -0.39 is 0 Å². The Labute approximate surface area is 174 Å². The Hall–Kier alpha value is -1.82. The molecular formula is C23H35N3O3. The molecule has 2 amide bonds. The first-order chi connectivity index (χ1) is 13.8. The van der Waals surface area contributed by atoms with Crippen molar-refractivity contribution in [2.45, 2.75) is 71.4 Å². The highest BCUT2D eigenvalue weighted by molar-refractivity contribution is 5.91. The van der Waals surface area contributed by atoms with Crippen molar-refractivity contribution in [2.24, 2.45) is 5.41 Å². The zero-order valence-corrected chi connectivity index (χ0v) is 18.4. The second-order valence-corrected chi connectivity index (χ2v) is 9.61. The van der Waals surface area contributed by atoms with Gasteiger partial charge >= 0.3 is 6.09 Å². The fourth-order valence-electron chi connectivity index (χ4n) is 5.64. The fourth-order valence-corrected chi connectivity index (χ4v) is 5.64. The van der Waals surface area contributed by atoms with E-state index in [9.17, 15) is 9.59 Å². The van der Waals surface area contributed by atoms with Crippen LogP contribution in [0.2, 0.25) is 0 Å². The molecule has 0 aromatic carbocycles. The molecule has 1 aliphatic carbocycles. The number of likely N-dealkylation sites (tertiary alicyclic amines) is 2. The van der Waals surface area contributed by atoms with E-state index in [1.807, 2.05) is 0 Å². The van der Waals surface area contributed by atoms with Gasteiger partial charge in [-0.1, -0.05) is 5.57 Å². The van der Waals surface area contributed by atoms with Gasteiger partial charge in [0.15, 0.2) is 0 Å². The van der Waals surface area contributed by atoms with Gasteiger partial charge in [-0.2, -0.15) is 0 Å². The van der Waals surface area contributed by atoms with Gasteiger partial charge in [-0.05, 0) is 70.9 Å². The summed E-state index contributed by atoms with van der Waals surface area (Å²) >= 11 is 0. The minimum absolute atomic E-state index is 0.211. The minimum Gasteiger partial charge on any atom is -0.453 e. The van der Waals surface area contributed by atoms with Crippen LogP contribution >= 0.6 is 0 Å². The van der Waals surface area contributed by atoms with Gasteiger partial charge in [0.25, 0.3) is 0 Å². The Kier molecular flexibility index (Phi) is 5.49. The lowest BCUT2D eigenvalue weighted by Crippen LogP contribution is -2.52. The van der Waals surface area contributed by atoms with E-state index in [1.165, 1.54) is 24.0 Å². The molecule has 6 heteroatoms. The second-order valence-electron chi connectivity index (χ2n) is 9.61. The Morgan fingerprint density at radius 2 is 1.66 bits per heavy atom. The molecule has 0 aromatic heterocycles. The maximum absolute atomic E-state index is 13.3. The number of nitrogens with zero attached hydrogens (tertiary/aromatic N) is 3. The van der Waals surface area contributed by atoms with E-state index in [0.29, 0.717) is 18.0 Å². The maximum atomic E-state index is 13.3. The van der Waals surface area contributed by atoms with Gasteiger partial charge in [0, 0.05) is 44.0 Å². The van der Waals surface area contributed by atoms with Gasteiger partial charge in [-0.15, -0.1) is 0 Å². The van der Waals surface area contributed by atoms with E-state index in [4.69, 9.17) is 4.74 Å². The zero-order chi connectivity index (χ0) is 20.8. The normalized spacial score (nSPS) is 26.6. The molecule has 0 N–H and O–H groups in total. The van der Waals surface area contributed by atoms with Crippen LogP contribution in [0.15, 0.2) is 22.9 Å². The van der Waals surface area contributed by atoms with E-state index in [-0.39, 0.29) is 11.5 Å². The van der Waals surface area contributed by atoms with Crippen molar-refractivity contribution in [3.63, 3.8) is 0 Å². The number of piperidine rings is 2. The van der Waals surface area contributed by atoms with Crippen LogP contribution in [0.3, 0.4) is 0 Å². The van der Waals surface area contributed by atoms with Crippen LogP contribution in [0.5, 0.6) is 0 Å². The van der Waals surface area contributed by atoms with Crippen molar-refractivity contribution in [3.05, 3.63) is 22.9 Å². The summed E-state index contributed by atoms with van der Waals surface area (Å²) in [6.07, 6.45) is 8.22. The molecule has 3 aliphatic heterocycles. The minimum atomic E-state index is -0.357. The predicted octanol–water partition coefficient (Wildman–Crippen LogP) is 3.54. The monoisotopic (exact) mass is 401 g/mol. The van der Waals surface area contributed by atoms with E-state index in [2.05, 4.69) is 36.6 Å². The molecule has 4 rings (SSSR count). The molecule has 0 atom stereocenters. The van der Waals surface area contributed by atoms with Crippen molar-refractivity contribution in [1.82, 2.24) is 14.7 Å². The number of hydrogen-bond acceptors (Lipinski definition) is 4. The molecule has 6 nitrogen and oxygen atoms in total. The molecule has 2 fully saturated rings. The number of amides is 2. The van der Waals surface area contributed by atoms with Crippen molar-refractivity contribution in [1.29, 1.82) is 0 Å². The summed E-state index contributed by atoms with van der Waals surface area (Å²) in [4.78, 5) is 31.5. The van der Waals surface area contributed by atoms with Crippen LogP contribution < -0.4 is 0 Å². The van der Waals surface area contributed by atoms with Crippen LogP contribution in [-0.2, 0) is 9.53 Å². The molecule has 0 saturated carbocycles. The highest BCUT2D eigenvalue weighted by Crippen LogP contribution is 2.47. The molecule has 0 spiro atoms. The number of rotatable bonds is 2. The number of carbonyl (C=O) groups is 2. The van der Waals surface area contributed by atoms with Gasteiger partial charge in [0.2, 0.25) is 5.91 Å². The topological polar surface area (TPSA) is 53.1 Å². The number of ether oxygens (including phenoxy) is 1. The standard InChI is InChI=1S/C23H35N3O3/c1-16-5-6-19-20(15-16)26(21(27)23(19,2)3)18-9-11-24(12-10-18)17-7-13-25(14-8-17)22(28)29-4/h15,17-18H,5-14H2,1-4H3. The summed E-state index contributed by atoms with van der Waals surface area (Å²) in [5, 5.41) is 0. The van der Waals surface area contributed by atoms with Crippen LogP contribution in [-0.4, -0.2) is 72.1 Å². The lowest BCUT2D eigenvalue weighted by atomic mass is 9.80. The Bertz CT molecular complexity index is 738. The summed E-state index contributed by atoms with van der Waals surface area (Å²) in [7, 11) is 1.45. The molecule has 2 saturated heterocycles. The molecule has 0 radical (unpaired) electrons. The summed E-state index contributed by atoms with van der Waals surface area (Å²) in [6, 6.07) is 0.844. The highest BCUT2D eigenvalue weighted by Gasteiger charge is 2.48. The summed E-state index contributed by atoms with van der Waals surface area (Å²) in [5.74, 6) is 0.290. The maximum Gasteiger partial charge on any atom is 0.409 e. The molecule has 0 aromatic rings. The van der Waals surface area contributed by atoms with E-state index in [0.717, 1.165) is 64.7 Å². The Balaban J connectivity index is 1.38. The van der Waals surface area contributed by atoms with Crippen molar-refractivity contribution >= 4 is 12.0 Å². The van der Waals surface area contributed by atoms with Gasteiger partial charge in [0.1, 0.15) is 0 Å². The average Bonchev–Trinajstić information content (AvgIpc) is 2.93. The van der Waals surface area contributed by atoms with Crippen LogP contribution in [0.1, 0.15) is 59.3 Å². The van der Waals surface area contributed by atoms with Gasteiger partial charge < -0.3 is 19.4 Å². The molecule has 0 bridgehead atoms. The quantitative estimate of drug-likeness (QED) is 0.710. The lowest BCUT2D eigenvalue weighted by Gasteiger charge is -2.43. The number of carbonyl (C=O) groups excluding carboxylic acids is 2. The molecule has 4 aliphatic rings. The zero-order valence-electron chi connectivity index (χ0n) is 18.4. The molecular weight excluding hydrogens is 366 g/mol. The lowest BCUT2D eigenvalue weighted by molar-refractivity contribution is -0.136. The van der Waals surface area contributed by atoms with E-state index in [1.54, 1.807) is 4.90 Å². The first-order valence-electron chi connectivity index (χ1n) is 11.1. The first-order valence-corrected chi connectivity index (χ1v) is 11.1. The van der Waals surface area contributed by atoms with E-state index >= 15 is 0 Å². The third-order valence-corrected chi connectivity index (χ3v) is 7.51. The largest absolute Gasteiger partial charge is 0.453 e. The van der Waals surface area contributed by atoms with Crippen LogP contribution in [0.25, 0.3) is 0 Å². The smallest absolute Gasteiger partial charge is 0.409 e. The molecule has 3 heterocycles. The number of allylic oxidation sites excluding steroid dienone is 2. The molecule has 160 valence electrons. The Morgan fingerprint density at radius 1 is 1.03 bits per heavy atom. The van der Waals surface area contributed by atoms with Crippen LogP contribution in [0.4, 0.5) is 4.79 Å². The van der Waals surface area contributed by atoms with Gasteiger partial charge in [-0.3, -0.25) is 4.79 Å². The number of methoxy groups -OCH3 is 1. The number of hydrogen-bond donors (Lipinski definition) is 0. The summed E-state index contributed by atoms with van der Waals surface area (Å²) in [6.45, 7) is 9.99. The second kappa shape index (κ2) is 7.78. The summed E-state index contributed by atoms with van der Waals surface area (Å²) < 4.78 is 4.85. The molecule has 29 heavy (non-hydrogen) atoms. The predicted molar refractivity (Wildman–Crippen MR) is 112 cm³/mol. The average molecular weight is 402 g/mol.